The Morgan fingerprint density at radius 1 is 1.24 bits per heavy atom. The number of nitrogens with zero attached hydrogens (tertiary/aromatic N) is 1. The van der Waals surface area contributed by atoms with Gasteiger partial charge in [-0.2, -0.15) is 0 Å². The van der Waals surface area contributed by atoms with Gasteiger partial charge in [-0.05, 0) is 52.4 Å². The van der Waals surface area contributed by atoms with Gasteiger partial charge in [0.05, 0.1) is 4.47 Å². The first-order chi connectivity index (χ1) is 10.2. The Bertz CT molecular complexity index is 474. The van der Waals surface area contributed by atoms with Gasteiger partial charge in [0.25, 0.3) is 0 Å². The van der Waals surface area contributed by atoms with Gasteiger partial charge < -0.3 is 5.32 Å². The molecule has 0 amide bonds. The van der Waals surface area contributed by atoms with Gasteiger partial charge in [-0.1, -0.05) is 25.3 Å². The fourth-order valence-corrected chi connectivity index (χ4v) is 4.25. The first-order valence-corrected chi connectivity index (χ1v) is 8.92. The zero-order valence-electron chi connectivity index (χ0n) is 12.5. The van der Waals surface area contributed by atoms with E-state index in [9.17, 15) is 4.39 Å². The van der Waals surface area contributed by atoms with Crippen LogP contribution in [0, 0.1) is 11.7 Å². The van der Waals surface area contributed by atoms with Gasteiger partial charge in [-0.3, -0.25) is 4.90 Å². The molecule has 3 rings (SSSR count). The SMILES string of the molecule is Fc1ccc(CN2CCNCC2C2CCCCC2)cc1Br. The summed E-state index contributed by atoms with van der Waals surface area (Å²) in [5.41, 5.74) is 1.20. The molecule has 4 heteroatoms. The zero-order valence-corrected chi connectivity index (χ0v) is 14.0. The number of rotatable bonds is 3. The number of hydrogen-bond acceptors (Lipinski definition) is 2. The van der Waals surface area contributed by atoms with Crippen LogP contribution in [-0.4, -0.2) is 30.6 Å². The van der Waals surface area contributed by atoms with E-state index in [2.05, 4.69) is 26.1 Å². The lowest BCUT2D eigenvalue weighted by atomic mass is 9.82. The van der Waals surface area contributed by atoms with E-state index in [4.69, 9.17) is 0 Å². The summed E-state index contributed by atoms with van der Waals surface area (Å²) in [6, 6.07) is 6.05. The van der Waals surface area contributed by atoms with Crippen LogP contribution in [0.2, 0.25) is 0 Å². The second-order valence-electron chi connectivity index (χ2n) is 6.39. The average Bonchev–Trinajstić information content (AvgIpc) is 2.52. The molecule has 1 saturated heterocycles. The third-order valence-electron chi connectivity index (χ3n) is 4.96. The smallest absolute Gasteiger partial charge is 0.137 e. The zero-order chi connectivity index (χ0) is 14.7. The van der Waals surface area contributed by atoms with Crippen molar-refractivity contribution in [2.24, 2.45) is 5.92 Å². The molecule has 0 spiro atoms. The van der Waals surface area contributed by atoms with Crippen molar-refractivity contribution >= 4 is 15.9 Å². The molecule has 0 aromatic heterocycles. The van der Waals surface area contributed by atoms with E-state index in [0.717, 1.165) is 32.1 Å². The molecule has 1 unspecified atom stereocenters. The predicted molar refractivity (Wildman–Crippen MR) is 87.7 cm³/mol. The molecule has 0 bridgehead atoms. The van der Waals surface area contributed by atoms with Gasteiger partial charge in [-0.25, -0.2) is 4.39 Å². The van der Waals surface area contributed by atoms with Crippen molar-refractivity contribution in [2.75, 3.05) is 19.6 Å². The summed E-state index contributed by atoms with van der Waals surface area (Å²) in [6.45, 7) is 4.19. The van der Waals surface area contributed by atoms with Crippen molar-refractivity contribution in [3.63, 3.8) is 0 Å². The van der Waals surface area contributed by atoms with E-state index < -0.39 is 0 Å². The van der Waals surface area contributed by atoms with Gasteiger partial charge >= 0.3 is 0 Å². The molecule has 1 aliphatic carbocycles. The van der Waals surface area contributed by atoms with E-state index in [1.54, 1.807) is 6.07 Å². The summed E-state index contributed by atoms with van der Waals surface area (Å²) in [5.74, 6) is 0.651. The molecule has 2 nitrogen and oxygen atoms in total. The minimum absolute atomic E-state index is 0.178. The highest BCUT2D eigenvalue weighted by Gasteiger charge is 2.30. The van der Waals surface area contributed by atoms with Crippen LogP contribution >= 0.6 is 15.9 Å². The molecule has 1 saturated carbocycles. The molecule has 1 atom stereocenters. The maximum atomic E-state index is 13.4. The first kappa shape index (κ1) is 15.4. The van der Waals surface area contributed by atoms with Crippen molar-refractivity contribution in [1.29, 1.82) is 0 Å². The summed E-state index contributed by atoms with van der Waals surface area (Å²) < 4.78 is 13.9. The van der Waals surface area contributed by atoms with Gasteiger partial charge in [0.15, 0.2) is 0 Å². The highest BCUT2D eigenvalue weighted by molar-refractivity contribution is 9.10. The minimum Gasteiger partial charge on any atom is -0.314 e. The van der Waals surface area contributed by atoms with Crippen LogP contribution in [-0.2, 0) is 6.54 Å². The summed E-state index contributed by atoms with van der Waals surface area (Å²) in [7, 11) is 0. The molecular formula is C17H24BrFN2. The molecule has 1 heterocycles. The summed E-state index contributed by atoms with van der Waals surface area (Å²) >= 11 is 3.30. The quantitative estimate of drug-likeness (QED) is 0.884. The summed E-state index contributed by atoms with van der Waals surface area (Å²) in [5, 5.41) is 3.56. The minimum atomic E-state index is -0.178. The lowest BCUT2D eigenvalue weighted by Gasteiger charge is -2.42. The van der Waals surface area contributed by atoms with Gasteiger partial charge in [0.1, 0.15) is 5.82 Å². The molecule has 1 N–H and O–H groups in total. The van der Waals surface area contributed by atoms with Gasteiger partial charge in [-0.15, -0.1) is 0 Å². The Morgan fingerprint density at radius 3 is 2.81 bits per heavy atom. The molecular weight excluding hydrogens is 331 g/mol. The van der Waals surface area contributed by atoms with E-state index in [1.807, 2.05) is 12.1 Å². The second-order valence-corrected chi connectivity index (χ2v) is 7.24. The molecule has 21 heavy (non-hydrogen) atoms. The fraction of sp³-hybridized carbons (Fsp3) is 0.647. The highest BCUT2D eigenvalue weighted by Crippen LogP contribution is 2.30. The number of halogens is 2. The highest BCUT2D eigenvalue weighted by atomic mass is 79.9. The number of benzene rings is 1. The van der Waals surface area contributed by atoms with Crippen molar-refractivity contribution in [3.8, 4) is 0 Å². The topological polar surface area (TPSA) is 15.3 Å². The molecule has 1 aromatic rings. The molecule has 2 aliphatic rings. The molecule has 2 fully saturated rings. The van der Waals surface area contributed by atoms with Crippen molar-refractivity contribution in [2.45, 2.75) is 44.7 Å². The van der Waals surface area contributed by atoms with Crippen molar-refractivity contribution in [1.82, 2.24) is 10.2 Å². The van der Waals surface area contributed by atoms with Crippen LogP contribution < -0.4 is 5.32 Å². The lowest BCUT2D eigenvalue weighted by molar-refractivity contribution is 0.0859. The number of piperazine rings is 1. The van der Waals surface area contributed by atoms with Gasteiger partial charge in [0.2, 0.25) is 0 Å². The van der Waals surface area contributed by atoms with Crippen LogP contribution in [0.1, 0.15) is 37.7 Å². The maximum Gasteiger partial charge on any atom is 0.137 e. The Morgan fingerprint density at radius 2 is 2.05 bits per heavy atom. The molecule has 1 aliphatic heterocycles. The first-order valence-electron chi connectivity index (χ1n) is 8.13. The fourth-order valence-electron chi connectivity index (χ4n) is 3.82. The van der Waals surface area contributed by atoms with E-state index >= 15 is 0 Å². The number of nitrogens with one attached hydrogen (secondary N) is 1. The van der Waals surface area contributed by atoms with Crippen LogP contribution in [0.15, 0.2) is 22.7 Å². The van der Waals surface area contributed by atoms with E-state index in [-0.39, 0.29) is 5.82 Å². The summed E-state index contributed by atoms with van der Waals surface area (Å²) in [4.78, 5) is 2.60. The Hall–Kier alpha value is -0.450. The third kappa shape index (κ3) is 3.85. The maximum absolute atomic E-state index is 13.4. The molecule has 1 aromatic carbocycles. The van der Waals surface area contributed by atoms with E-state index in [0.29, 0.717) is 10.5 Å². The largest absolute Gasteiger partial charge is 0.314 e. The second kappa shape index (κ2) is 7.21. The van der Waals surface area contributed by atoms with Crippen LogP contribution in [0.5, 0.6) is 0 Å². The summed E-state index contributed by atoms with van der Waals surface area (Å²) in [6.07, 6.45) is 6.92. The van der Waals surface area contributed by atoms with Crippen LogP contribution in [0.25, 0.3) is 0 Å². The number of hydrogen-bond donors (Lipinski definition) is 1. The van der Waals surface area contributed by atoms with E-state index in [1.165, 1.54) is 37.7 Å². The van der Waals surface area contributed by atoms with Crippen molar-refractivity contribution in [3.05, 3.63) is 34.1 Å². The predicted octanol–water partition coefficient (Wildman–Crippen LogP) is 3.94. The Labute approximate surface area is 135 Å². The monoisotopic (exact) mass is 354 g/mol. The lowest BCUT2D eigenvalue weighted by Crippen LogP contribution is -2.54. The van der Waals surface area contributed by atoms with Crippen molar-refractivity contribution < 1.29 is 4.39 Å². The average molecular weight is 355 g/mol. The molecule has 0 radical (unpaired) electrons. The third-order valence-corrected chi connectivity index (χ3v) is 5.57. The normalized spacial score (nSPS) is 25.1. The molecule has 116 valence electrons. The standard InChI is InChI=1S/C17H24BrFN2/c18-15-10-13(6-7-16(15)19)12-21-9-8-20-11-17(21)14-4-2-1-3-5-14/h6-7,10,14,17,20H,1-5,8-9,11-12H2. The Kier molecular flexibility index (Phi) is 5.30. The Balaban J connectivity index is 1.69. The van der Waals surface area contributed by atoms with Gasteiger partial charge in [0, 0.05) is 32.2 Å². The van der Waals surface area contributed by atoms with Crippen LogP contribution in [0.4, 0.5) is 4.39 Å². The van der Waals surface area contributed by atoms with Crippen LogP contribution in [0.3, 0.4) is 0 Å².